The molecule has 2 rings (SSSR count). The maximum absolute atomic E-state index is 12.4. The van der Waals surface area contributed by atoms with E-state index in [0.717, 1.165) is 5.56 Å². The highest BCUT2D eigenvalue weighted by molar-refractivity contribution is 5.87. The fourth-order valence-electron chi connectivity index (χ4n) is 2.20. The summed E-state index contributed by atoms with van der Waals surface area (Å²) in [5.74, 6) is 0.654. The van der Waals surface area contributed by atoms with Crippen LogP contribution < -0.4 is 11.1 Å². The summed E-state index contributed by atoms with van der Waals surface area (Å²) >= 11 is 0. The lowest BCUT2D eigenvalue weighted by Gasteiger charge is -2.27. The van der Waals surface area contributed by atoms with Crippen molar-refractivity contribution in [2.24, 2.45) is 11.7 Å². The van der Waals surface area contributed by atoms with Crippen LogP contribution in [0, 0.1) is 5.92 Å². The molecule has 1 atom stereocenters. The zero-order valence-corrected chi connectivity index (χ0v) is 12.4. The van der Waals surface area contributed by atoms with E-state index in [4.69, 9.17) is 5.73 Å². The van der Waals surface area contributed by atoms with Crippen LogP contribution in [0.15, 0.2) is 30.3 Å². The van der Waals surface area contributed by atoms with Crippen molar-refractivity contribution < 1.29 is 4.79 Å². The Morgan fingerprint density at radius 1 is 1.37 bits per heavy atom. The zero-order valence-electron chi connectivity index (χ0n) is 11.6. The molecule has 4 heteroatoms. The number of hydrogen-bond acceptors (Lipinski definition) is 2. The summed E-state index contributed by atoms with van der Waals surface area (Å²) in [5.41, 5.74) is 6.26. The Bertz CT molecular complexity index is 415. The Kier molecular flexibility index (Phi) is 5.39. The first-order valence-electron chi connectivity index (χ1n) is 6.62. The van der Waals surface area contributed by atoms with E-state index in [1.54, 1.807) is 0 Å². The van der Waals surface area contributed by atoms with Crippen LogP contribution >= 0.6 is 12.4 Å². The smallest absolute Gasteiger partial charge is 0.230 e. The highest BCUT2D eigenvalue weighted by atomic mass is 35.5. The largest absolute Gasteiger partial charge is 0.351 e. The van der Waals surface area contributed by atoms with Crippen LogP contribution in [0.2, 0.25) is 0 Å². The Morgan fingerprint density at radius 2 is 1.95 bits per heavy atom. The molecule has 0 radical (unpaired) electrons. The maximum Gasteiger partial charge on any atom is 0.230 e. The zero-order chi connectivity index (χ0) is 13.2. The van der Waals surface area contributed by atoms with Crippen LogP contribution in [0.1, 0.15) is 32.3 Å². The van der Waals surface area contributed by atoms with E-state index in [0.29, 0.717) is 12.5 Å². The third-order valence-corrected chi connectivity index (χ3v) is 3.82. The number of halogens is 1. The summed E-state index contributed by atoms with van der Waals surface area (Å²) in [6.45, 7) is 4.44. The molecule has 0 aromatic heterocycles. The van der Waals surface area contributed by atoms with Crippen LogP contribution in [-0.4, -0.2) is 18.5 Å². The van der Waals surface area contributed by atoms with E-state index in [1.807, 2.05) is 44.2 Å². The van der Waals surface area contributed by atoms with E-state index < -0.39 is 5.41 Å². The Balaban J connectivity index is 0.00000180. The third kappa shape index (κ3) is 3.71. The van der Waals surface area contributed by atoms with Gasteiger partial charge in [0.05, 0.1) is 5.41 Å². The summed E-state index contributed by atoms with van der Waals surface area (Å²) < 4.78 is 0. The predicted octanol–water partition coefficient (Wildman–Crippen LogP) is 2.24. The van der Waals surface area contributed by atoms with Gasteiger partial charge < -0.3 is 11.1 Å². The van der Waals surface area contributed by atoms with E-state index in [2.05, 4.69) is 5.32 Å². The van der Waals surface area contributed by atoms with Crippen LogP contribution in [0.3, 0.4) is 0 Å². The highest BCUT2D eigenvalue weighted by Crippen LogP contribution is 2.33. The van der Waals surface area contributed by atoms with Crippen LogP contribution in [0.5, 0.6) is 0 Å². The molecule has 1 fully saturated rings. The molecule has 1 aliphatic rings. The summed E-state index contributed by atoms with van der Waals surface area (Å²) in [6.07, 6.45) is 2.38. The Hall–Kier alpha value is -1.06. The van der Waals surface area contributed by atoms with Crippen molar-refractivity contribution in [2.75, 3.05) is 6.54 Å². The number of rotatable bonds is 5. The van der Waals surface area contributed by atoms with Gasteiger partial charge in [0.25, 0.3) is 0 Å². The van der Waals surface area contributed by atoms with E-state index in [1.165, 1.54) is 12.8 Å². The average Bonchev–Trinajstić information content (AvgIpc) is 3.21. The number of hydrogen-bond donors (Lipinski definition) is 2. The number of carbonyl (C=O) groups excluding carboxylic acids is 1. The molecule has 106 valence electrons. The van der Waals surface area contributed by atoms with Gasteiger partial charge in [0.2, 0.25) is 5.91 Å². The predicted molar refractivity (Wildman–Crippen MR) is 80.4 cm³/mol. The molecule has 0 bridgehead atoms. The van der Waals surface area contributed by atoms with Crippen LogP contribution in [0.25, 0.3) is 0 Å². The highest BCUT2D eigenvalue weighted by Gasteiger charge is 2.36. The van der Waals surface area contributed by atoms with Crippen LogP contribution in [-0.2, 0) is 10.2 Å². The van der Waals surface area contributed by atoms with Crippen LogP contribution in [0.4, 0.5) is 0 Å². The molecule has 1 aromatic rings. The first-order chi connectivity index (χ1) is 8.55. The van der Waals surface area contributed by atoms with Gasteiger partial charge >= 0.3 is 0 Å². The summed E-state index contributed by atoms with van der Waals surface area (Å²) in [5, 5.41) is 3.10. The van der Waals surface area contributed by atoms with E-state index >= 15 is 0 Å². The molecule has 1 unspecified atom stereocenters. The molecular formula is C15H23ClN2O. The normalized spacial score (nSPS) is 16.4. The van der Waals surface area contributed by atoms with Crippen molar-refractivity contribution in [1.82, 2.24) is 5.32 Å². The second kappa shape index (κ2) is 6.40. The van der Waals surface area contributed by atoms with Gasteiger partial charge in [0.15, 0.2) is 0 Å². The molecule has 1 aliphatic carbocycles. The topological polar surface area (TPSA) is 55.1 Å². The van der Waals surface area contributed by atoms with E-state index in [-0.39, 0.29) is 24.4 Å². The number of benzene rings is 1. The van der Waals surface area contributed by atoms with Crippen molar-refractivity contribution in [3.63, 3.8) is 0 Å². The van der Waals surface area contributed by atoms with Crippen molar-refractivity contribution in [3.05, 3.63) is 35.9 Å². The van der Waals surface area contributed by atoms with Crippen molar-refractivity contribution >= 4 is 18.3 Å². The second-order valence-corrected chi connectivity index (χ2v) is 5.64. The van der Waals surface area contributed by atoms with Gasteiger partial charge in [-0.05, 0) is 38.2 Å². The lowest BCUT2D eigenvalue weighted by Crippen LogP contribution is -2.48. The maximum atomic E-state index is 12.4. The lowest BCUT2D eigenvalue weighted by atomic mass is 9.83. The Morgan fingerprint density at radius 3 is 2.42 bits per heavy atom. The minimum absolute atomic E-state index is 0. The number of nitrogens with one attached hydrogen (secondary N) is 1. The average molecular weight is 283 g/mol. The minimum atomic E-state index is -0.510. The quantitative estimate of drug-likeness (QED) is 0.870. The summed E-state index contributed by atoms with van der Waals surface area (Å²) in [6, 6.07) is 10.0. The fourth-order valence-corrected chi connectivity index (χ4v) is 2.20. The first-order valence-corrected chi connectivity index (χ1v) is 6.62. The van der Waals surface area contributed by atoms with Gasteiger partial charge in [-0.25, -0.2) is 0 Å². The van der Waals surface area contributed by atoms with Gasteiger partial charge in [0.1, 0.15) is 0 Å². The summed E-state index contributed by atoms with van der Waals surface area (Å²) in [4.78, 5) is 12.4. The second-order valence-electron chi connectivity index (χ2n) is 5.64. The number of amides is 1. The van der Waals surface area contributed by atoms with E-state index in [9.17, 15) is 4.79 Å². The lowest BCUT2D eigenvalue weighted by molar-refractivity contribution is -0.126. The van der Waals surface area contributed by atoms with Crippen molar-refractivity contribution in [3.8, 4) is 0 Å². The molecule has 3 nitrogen and oxygen atoms in total. The SMILES string of the molecule is CC(C)(C(=O)NC(CN)C1CC1)c1ccccc1.Cl. The molecule has 3 N–H and O–H groups in total. The number of nitrogens with two attached hydrogens (primary N) is 1. The minimum Gasteiger partial charge on any atom is -0.351 e. The van der Waals surface area contributed by atoms with Gasteiger partial charge in [-0.15, -0.1) is 12.4 Å². The summed E-state index contributed by atoms with van der Waals surface area (Å²) in [7, 11) is 0. The molecule has 1 amide bonds. The molecule has 0 aliphatic heterocycles. The first kappa shape index (κ1) is 16.0. The molecule has 19 heavy (non-hydrogen) atoms. The third-order valence-electron chi connectivity index (χ3n) is 3.82. The molecule has 0 saturated heterocycles. The van der Waals surface area contributed by atoms with Gasteiger partial charge in [0, 0.05) is 12.6 Å². The fraction of sp³-hybridized carbons (Fsp3) is 0.533. The standard InChI is InChI=1S/C15H22N2O.ClH/c1-15(2,12-6-4-3-5-7-12)14(18)17-13(10-16)11-8-9-11;/h3-7,11,13H,8-10,16H2,1-2H3,(H,17,18);1H. The van der Waals surface area contributed by atoms with Crippen molar-refractivity contribution in [2.45, 2.75) is 38.1 Å². The Labute approximate surface area is 121 Å². The molecule has 0 heterocycles. The molecule has 1 aromatic carbocycles. The van der Waals surface area contributed by atoms with Crippen molar-refractivity contribution in [1.29, 1.82) is 0 Å². The molecule has 0 spiro atoms. The van der Waals surface area contributed by atoms with Gasteiger partial charge in [-0.1, -0.05) is 30.3 Å². The monoisotopic (exact) mass is 282 g/mol. The van der Waals surface area contributed by atoms with Gasteiger partial charge in [-0.2, -0.15) is 0 Å². The molecular weight excluding hydrogens is 260 g/mol. The molecule has 1 saturated carbocycles. The van der Waals surface area contributed by atoms with Gasteiger partial charge in [-0.3, -0.25) is 4.79 Å². The number of carbonyl (C=O) groups is 1.